The van der Waals surface area contributed by atoms with Crippen LogP contribution in [0, 0.1) is 0 Å². The number of nitrogens with one attached hydrogen (secondary N) is 2. The van der Waals surface area contributed by atoms with Gasteiger partial charge < -0.3 is 10.6 Å². The summed E-state index contributed by atoms with van der Waals surface area (Å²) in [5, 5.41) is 12.6. The molecule has 6 heteroatoms. The van der Waals surface area contributed by atoms with Crippen molar-refractivity contribution in [2.45, 2.75) is 26.8 Å². The second kappa shape index (κ2) is 5.88. The van der Waals surface area contributed by atoms with Crippen molar-refractivity contribution in [3.63, 3.8) is 0 Å². The third-order valence-electron chi connectivity index (χ3n) is 2.74. The van der Waals surface area contributed by atoms with Gasteiger partial charge in [0.1, 0.15) is 0 Å². The molecule has 0 saturated carbocycles. The monoisotopic (exact) mass is 278 g/mol. The number of carbonyl (C=O) groups excluding carboxylic acids is 1. The van der Waals surface area contributed by atoms with Crippen molar-refractivity contribution in [2.75, 3.05) is 10.6 Å². The Morgan fingerprint density at radius 2 is 2.26 bits per heavy atom. The smallest absolute Gasteiger partial charge is 0.221 e. The predicted octanol–water partition coefficient (Wildman–Crippen LogP) is 2.61. The largest absolute Gasteiger partial charge is 0.377 e. The molecule has 0 saturated heterocycles. The molecule has 0 radical (unpaired) electrons. The van der Waals surface area contributed by atoms with E-state index >= 15 is 0 Å². The van der Waals surface area contributed by atoms with Crippen molar-refractivity contribution in [3.8, 4) is 0 Å². The zero-order valence-electron chi connectivity index (χ0n) is 11.4. The average Bonchev–Trinajstić information content (AvgIpc) is 2.92. The van der Waals surface area contributed by atoms with Crippen LogP contribution in [0.1, 0.15) is 24.4 Å². The lowest BCUT2D eigenvalue weighted by Gasteiger charge is -2.07. The minimum atomic E-state index is -0.0460. The summed E-state index contributed by atoms with van der Waals surface area (Å²) in [5.41, 5.74) is 2.99. The zero-order chi connectivity index (χ0) is 13.8. The molecule has 0 aliphatic rings. The second-order valence-corrected chi connectivity index (χ2v) is 5.31. The summed E-state index contributed by atoms with van der Waals surface area (Å²) in [6.07, 6.45) is 2.87. The lowest BCUT2D eigenvalue weighted by Crippen LogP contribution is -2.08. The van der Waals surface area contributed by atoms with Gasteiger partial charge in [-0.15, -0.1) is 11.3 Å². The van der Waals surface area contributed by atoms with Crippen molar-refractivity contribution < 1.29 is 4.79 Å². The Bertz CT molecular complexity index is 573. The summed E-state index contributed by atoms with van der Waals surface area (Å²) in [7, 11) is 1.91. The molecule has 5 nitrogen and oxygen atoms in total. The van der Waals surface area contributed by atoms with Gasteiger partial charge in [0.15, 0.2) is 0 Å². The number of amides is 1. The summed E-state index contributed by atoms with van der Waals surface area (Å²) >= 11 is 1.63. The fraction of sp³-hybridized carbons (Fsp3) is 0.385. The maximum Gasteiger partial charge on any atom is 0.221 e. The molecular weight excluding hydrogens is 260 g/mol. The number of anilines is 2. The van der Waals surface area contributed by atoms with Crippen LogP contribution in [-0.4, -0.2) is 15.7 Å². The van der Waals surface area contributed by atoms with E-state index in [9.17, 15) is 4.79 Å². The van der Waals surface area contributed by atoms with Crippen LogP contribution in [0.3, 0.4) is 0 Å². The Balaban J connectivity index is 2.06. The van der Waals surface area contributed by atoms with E-state index in [-0.39, 0.29) is 5.91 Å². The van der Waals surface area contributed by atoms with Crippen LogP contribution < -0.4 is 10.6 Å². The van der Waals surface area contributed by atoms with E-state index in [0.717, 1.165) is 28.4 Å². The summed E-state index contributed by atoms with van der Waals surface area (Å²) in [5.74, 6) is -0.0460. The van der Waals surface area contributed by atoms with Gasteiger partial charge in [0.2, 0.25) is 5.91 Å². The lowest BCUT2D eigenvalue weighted by molar-refractivity contribution is -0.114. The molecule has 2 rings (SSSR count). The van der Waals surface area contributed by atoms with Crippen molar-refractivity contribution in [3.05, 3.63) is 28.2 Å². The average molecular weight is 278 g/mol. The van der Waals surface area contributed by atoms with Crippen LogP contribution >= 0.6 is 11.3 Å². The molecule has 0 unspecified atom stereocenters. The highest BCUT2D eigenvalue weighted by Gasteiger charge is 2.08. The number of nitrogens with zero attached hydrogens (tertiary/aromatic N) is 2. The Kier molecular flexibility index (Phi) is 4.21. The summed E-state index contributed by atoms with van der Waals surface area (Å²) in [6.45, 7) is 4.29. The fourth-order valence-corrected chi connectivity index (χ4v) is 2.67. The van der Waals surface area contributed by atoms with Crippen molar-refractivity contribution >= 4 is 28.6 Å². The number of hydrogen-bond donors (Lipinski definition) is 2. The van der Waals surface area contributed by atoms with Crippen LogP contribution in [0.15, 0.2) is 17.6 Å². The molecule has 2 N–H and O–H groups in total. The van der Waals surface area contributed by atoms with Gasteiger partial charge in [-0.25, -0.2) is 0 Å². The molecule has 2 heterocycles. The van der Waals surface area contributed by atoms with Crippen LogP contribution in [0.25, 0.3) is 0 Å². The van der Waals surface area contributed by atoms with Crippen molar-refractivity contribution in [1.82, 2.24) is 9.78 Å². The van der Waals surface area contributed by atoms with Gasteiger partial charge in [-0.3, -0.25) is 9.48 Å². The number of hydrogen-bond acceptors (Lipinski definition) is 4. The second-order valence-electron chi connectivity index (χ2n) is 4.31. The molecule has 0 aromatic carbocycles. The first-order valence-electron chi connectivity index (χ1n) is 6.20. The minimum absolute atomic E-state index is 0.0460. The quantitative estimate of drug-likeness (QED) is 0.884. The van der Waals surface area contributed by atoms with Crippen LogP contribution in [0.4, 0.5) is 11.4 Å². The molecule has 0 fully saturated rings. The van der Waals surface area contributed by atoms with Gasteiger partial charge in [0, 0.05) is 25.0 Å². The van der Waals surface area contributed by atoms with Gasteiger partial charge in [-0.05, 0) is 17.9 Å². The first kappa shape index (κ1) is 13.6. The van der Waals surface area contributed by atoms with Crippen LogP contribution in [0.2, 0.25) is 0 Å². The third-order valence-corrected chi connectivity index (χ3v) is 3.66. The SMILES string of the molecule is CCc1nn(C)cc1NCc1sccc1NC(C)=O. The standard InChI is InChI=1S/C13H18N4OS/c1-4-10-12(8-17(3)16-10)14-7-13-11(5-6-19-13)15-9(2)18/h5-6,8,14H,4,7H2,1-3H3,(H,15,18). The highest BCUT2D eigenvalue weighted by Crippen LogP contribution is 2.24. The van der Waals surface area contributed by atoms with E-state index in [1.165, 1.54) is 6.92 Å². The third kappa shape index (κ3) is 3.35. The molecule has 102 valence electrons. The predicted molar refractivity (Wildman–Crippen MR) is 78.5 cm³/mol. The normalized spacial score (nSPS) is 10.5. The van der Waals surface area contributed by atoms with E-state index in [1.807, 2.05) is 29.4 Å². The molecule has 0 bridgehead atoms. The van der Waals surface area contributed by atoms with E-state index in [4.69, 9.17) is 0 Å². The first-order valence-corrected chi connectivity index (χ1v) is 7.08. The van der Waals surface area contributed by atoms with Gasteiger partial charge in [0.25, 0.3) is 0 Å². The van der Waals surface area contributed by atoms with E-state index in [2.05, 4.69) is 22.7 Å². The van der Waals surface area contributed by atoms with E-state index < -0.39 is 0 Å². The lowest BCUT2D eigenvalue weighted by atomic mass is 10.3. The highest BCUT2D eigenvalue weighted by molar-refractivity contribution is 7.10. The summed E-state index contributed by atoms with van der Waals surface area (Å²) < 4.78 is 1.81. The number of rotatable bonds is 5. The Morgan fingerprint density at radius 1 is 1.47 bits per heavy atom. The van der Waals surface area contributed by atoms with Gasteiger partial charge in [-0.1, -0.05) is 6.92 Å². The topological polar surface area (TPSA) is 59.0 Å². The maximum atomic E-state index is 11.1. The zero-order valence-corrected chi connectivity index (χ0v) is 12.2. The molecule has 0 aliphatic heterocycles. The molecule has 0 atom stereocenters. The molecule has 0 spiro atoms. The Morgan fingerprint density at radius 3 is 2.95 bits per heavy atom. The van der Waals surface area contributed by atoms with Crippen LogP contribution in [-0.2, 0) is 24.8 Å². The highest BCUT2D eigenvalue weighted by atomic mass is 32.1. The van der Waals surface area contributed by atoms with E-state index in [1.54, 1.807) is 11.3 Å². The number of aromatic nitrogens is 2. The molecule has 1 amide bonds. The van der Waals surface area contributed by atoms with Crippen molar-refractivity contribution in [1.29, 1.82) is 0 Å². The Labute approximate surface area is 116 Å². The molecule has 0 aliphatic carbocycles. The molecule has 2 aromatic rings. The van der Waals surface area contributed by atoms with Crippen molar-refractivity contribution in [2.24, 2.45) is 7.05 Å². The molecule has 19 heavy (non-hydrogen) atoms. The minimum Gasteiger partial charge on any atom is -0.377 e. The fourth-order valence-electron chi connectivity index (χ4n) is 1.90. The number of aryl methyl sites for hydroxylation is 2. The first-order chi connectivity index (χ1) is 9.10. The van der Waals surface area contributed by atoms with Gasteiger partial charge >= 0.3 is 0 Å². The summed E-state index contributed by atoms with van der Waals surface area (Å²) in [6, 6.07) is 1.92. The molecule has 2 aromatic heterocycles. The van der Waals surface area contributed by atoms with Gasteiger partial charge in [-0.2, -0.15) is 5.10 Å². The number of carbonyl (C=O) groups is 1. The van der Waals surface area contributed by atoms with Gasteiger partial charge in [0.05, 0.1) is 23.6 Å². The maximum absolute atomic E-state index is 11.1. The van der Waals surface area contributed by atoms with Crippen LogP contribution in [0.5, 0.6) is 0 Å². The summed E-state index contributed by atoms with van der Waals surface area (Å²) in [4.78, 5) is 12.2. The molecular formula is C13H18N4OS. The van der Waals surface area contributed by atoms with E-state index in [0.29, 0.717) is 6.54 Å². The number of thiophene rings is 1. The Hall–Kier alpha value is -1.82.